The first kappa shape index (κ1) is 10.6. The van der Waals surface area contributed by atoms with E-state index in [1.165, 1.54) is 6.08 Å². The minimum absolute atomic E-state index is 0. The average molecular weight is 135 g/mol. The molecule has 47 valence electrons. The van der Waals surface area contributed by atoms with Crippen LogP contribution < -0.4 is 11.3 Å². The second kappa shape index (κ2) is 3.59. The molecule has 0 saturated carbocycles. The molecule has 0 bridgehead atoms. The van der Waals surface area contributed by atoms with E-state index in [1.54, 1.807) is 0 Å². The monoisotopic (exact) mass is 135 g/mol. The van der Waals surface area contributed by atoms with E-state index in [0.29, 0.717) is 0 Å². The van der Waals surface area contributed by atoms with E-state index in [0.717, 1.165) is 0 Å². The van der Waals surface area contributed by atoms with Crippen molar-refractivity contribution in [3.63, 3.8) is 0 Å². The predicted octanol–water partition coefficient (Wildman–Crippen LogP) is -1.02. The highest BCUT2D eigenvalue weighted by Gasteiger charge is 1.93. The number of rotatable bonds is 2. The molecule has 3 radical (unpaired) electrons. The summed E-state index contributed by atoms with van der Waals surface area (Å²) in [5.74, 6) is -0.146. The minimum Gasteiger partial charge on any atom is -0.228 e. The minimum atomic E-state index is -3.29. The Morgan fingerprint density at radius 1 is 1.62 bits per heavy atom. The Kier molecular flexibility index (Phi) is 4.74. The van der Waals surface area contributed by atoms with E-state index in [9.17, 15) is 8.42 Å². The SMILES string of the molecule is C=CCS(N)(=O)=O.[N]. The van der Waals surface area contributed by atoms with Gasteiger partial charge < -0.3 is 0 Å². The van der Waals surface area contributed by atoms with Crippen LogP contribution in [0.25, 0.3) is 0 Å². The summed E-state index contributed by atoms with van der Waals surface area (Å²) in [7, 11) is -3.29. The molecule has 0 aromatic rings. The predicted molar refractivity (Wildman–Crippen MR) is 30.3 cm³/mol. The van der Waals surface area contributed by atoms with Gasteiger partial charge in [0.15, 0.2) is 0 Å². The maximum absolute atomic E-state index is 9.94. The molecule has 5 heteroatoms. The highest BCUT2D eigenvalue weighted by molar-refractivity contribution is 7.89. The van der Waals surface area contributed by atoms with Crippen LogP contribution in [0.3, 0.4) is 0 Å². The third-order valence-electron chi connectivity index (χ3n) is 0.350. The first-order chi connectivity index (χ1) is 3.06. The lowest BCUT2D eigenvalue weighted by molar-refractivity contribution is 0.600. The number of hydrogen-bond acceptors (Lipinski definition) is 2. The van der Waals surface area contributed by atoms with E-state index < -0.39 is 10.0 Å². The molecule has 0 aromatic heterocycles. The summed E-state index contributed by atoms with van der Waals surface area (Å²) in [6.45, 7) is 3.19. The maximum Gasteiger partial charge on any atom is 0.212 e. The van der Waals surface area contributed by atoms with Crippen LogP contribution in [0.1, 0.15) is 0 Å². The lowest BCUT2D eigenvalue weighted by atomic mass is 10.8. The van der Waals surface area contributed by atoms with E-state index in [4.69, 9.17) is 0 Å². The summed E-state index contributed by atoms with van der Waals surface area (Å²) in [6, 6.07) is 0. The number of sulfonamides is 1. The molecule has 0 saturated heterocycles. The van der Waals surface area contributed by atoms with E-state index in [1.807, 2.05) is 0 Å². The van der Waals surface area contributed by atoms with Crippen LogP contribution in [0.5, 0.6) is 0 Å². The first-order valence-corrected chi connectivity index (χ1v) is 3.39. The Balaban J connectivity index is 0. The van der Waals surface area contributed by atoms with E-state index in [-0.39, 0.29) is 11.9 Å². The molecular formula is C3H7N2O2S. The molecule has 2 N–H and O–H groups in total. The van der Waals surface area contributed by atoms with Crippen LogP contribution in [-0.4, -0.2) is 14.2 Å². The van der Waals surface area contributed by atoms with Crippen molar-refractivity contribution in [1.82, 2.24) is 6.15 Å². The van der Waals surface area contributed by atoms with Crippen molar-refractivity contribution in [2.24, 2.45) is 5.14 Å². The topological polar surface area (TPSA) is 90.7 Å². The van der Waals surface area contributed by atoms with Gasteiger partial charge in [-0.1, -0.05) is 6.08 Å². The summed E-state index contributed by atoms with van der Waals surface area (Å²) < 4.78 is 19.9. The van der Waals surface area contributed by atoms with Crippen LogP contribution >= 0.6 is 0 Å². The Bertz CT molecular complexity index is 149. The molecule has 0 unspecified atom stereocenters. The molecule has 0 spiro atoms. The van der Waals surface area contributed by atoms with E-state index >= 15 is 0 Å². The van der Waals surface area contributed by atoms with Gasteiger partial charge in [-0.2, -0.15) is 0 Å². The Morgan fingerprint density at radius 3 is 2.00 bits per heavy atom. The molecule has 0 aliphatic rings. The summed E-state index contributed by atoms with van der Waals surface area (Å²) in [6.07, 6.45) is 1.25. The largest absolute Gasteiger partial charge is 0.228 e. The number of nitrogens with two attached hydrogens (primary N) is 1. The van der Waals surface area contributed by atoms with Crippen LogP contribution in [0, 0.1) is 0 Å². The normalized spacial score (nSPS) is 9.62. The third-order valence-corrected chi connectivity index (χ3v) is 1.05. The quantitative estimate of drug-likeness (QED) is 0.491. The van der Waals surface area contributed by atoms with Crippen molar-refractivity contribution in [1.29, 1.82) is 0 Å². The van der Waals surface area contributed by atoms with Gasteiger partial charge in [0, 0.05) is 6.15 Å². The fourth-order valence-corrected chi connectivity index (χ4v) is 0.493. The van der Waals surface area contributed by atoms with Gasteiger partial charge in [0.1, 0.15) is 0 Å². The second-order valence-corrected chi connectivity index (χ2v) is 2.78. The molecule has 0 heterocycles. The highest BCUT2D eigenvalue weighted by atomic mass is 32.2. The van der Waals surface area contributed by atoms with Gasteiger partial charge >= 0.3 is 0 Å². The first-order valence-electron chi connectivity index (χ1n) is 1.67. The summed E-state index contributed by atoms with van der Waals surface area (Å²) in [5.41, 5.74) is 0. The van der Waals surface area contributed by atoms with Gasteiger partial charge in [0.25, 0.3) is 0 Å². The smallest absolute Gasteiger partial charge is 0.212 e. The number of hydrogen-bond donors (Lipinski definition) is 1. The number of nitrogens with zero attached hydrogens (tertiary/aromatic N) is 1. The molecule has 0 aliphatic heterocycles. The van der Waals surface area contributed by atoms with Crippen molar-refractivity contribution in [3.05, 3.63) is 12.7 Å². The zero-order valence-corrected chi connectivity index (χ0v) is 5.06. The Labute approximate surface area is 49.0 Å². The van der Waals surface area contributed by atoms with Crippen LogP contribution in [-0.2, 0) is 10.0 Å². The van der Waals surface area contributed by atoms with Crippen molar-refractivity contribution in [2.45, 2.75) is 0 Å². The summed E-state index contributed by atoms with van der Waals surface area (Å²) in [5, 5.41) is 4.55. The molecule has 0 aliphatic carbocycles. The molecule has 0 fully saturated rings. The third kappa shape index (κ3) is 9.15. The summed E-state index contributed by atoms with van der Waals surface area (Å²) in [4.78, 5) is 0. The molecular weight excluding hydrogens is 128 g/mol. The average Bonchev–Trinajstić information content (AvgIpc) is 1.30. The molecule has 0 atom stereocenters. The van der Waals surface area contributed by atoms with Gasteiger partial charge in [-0.3, -0.25) is 0 Å². The Morgan fingerprint density at radius 2 is 2.00 bits per heavy atom. The van der Waals surface area contributed by atoms with Crippen LogP contribution in [0.15, 0.2) is 12.7 Å². The van der Waals surface area contributed by atoms with Crippen molar-refractivity contribution in [3.8, 4) is 0 Å². The van der Waals surface area contributed by atoms with Crippen LogP contribution in [0.2, 0.25) is 0 Å². The van der Waals surface area contributed by atoms with Crippen molar-refractivity contribution in [2.75, 3.05) is 5.75 Å². The van der Waals surface area contributed by atoms with Crippen molar-refractivity contribution >= 4 is 10.0 Å². The fraction of sp³-hybridized carbons (Fsp3) is 0.333. The fourth-order valence-electron chi connectivity index (χ4n) is 0.164. The highest BCUT2D eigenvalue weighted by Crippen LogP contribution is 1.73. The van der Waals surface area contributed by atoms with Crippen LogP contribution in [0.4, 0.5) is 0 Å². The number of primary sulfonamides is 1. The summed E-state index contributed by atoms with van der Waals surface area (Å²) >= 11 is 0. The zero-order valence-electron chi connectivity index (χ0n) is 4.24. The second-order valence-electron chi connectivity index (χ2n) is 1.12. The van der Waals surface area contributed by atoms with Gasteiger partial charge in [-0.05, 0) is 0 Å². The lowest BCUT2D eigenvalue weighted by Crippen LogP contribution is -2.14. The van der Waals surface area contributed by atoms with Gasteiger partial charge in [0.2, 0.25) is 10.0 Å². The Hall–Kier alpha value is -0.390. The maximum atomic E-state index is 9.94. The standard InChI is InChI=1S/C3H7NO2S.N/c1-2-3-7(4,5)6;/h2H,1,3H2,(H2,4,5,6);. The zero-order chi connectivity index (χ0) is 5.91. The molecule has 0 aromatic carbocycles. The van der Waals surface area contributed by atoms with Gasteiger partial charge in [-0.25, -0.2) is 13.6 Å². The molecule has 0 rings (SSSR count). The lowest BCUT2D eigenvalue weighted by Gasteiger charge is -1.83. The van der Waals surface area contributed by atoms with Gasteiger partial charge in [0.05, 0.1) is 5.75 Å². The molecule has 8 heavy (non-hydrogen) atoms. The van der Waals surface area contributed by atoms with Crippen molar-refractivity contribution < 1.29 is 8.42 Å². The van der Waals surface area contributed by atoms with Gasteiger partial charge in [-0.15, -0.1) is 6.58 Å². The molecule has 0 amide bonds. The van der Waals surface area contributed by atoms with E-state index in [2.05, 4.69) is 11.7 Å². The molecule has 4 nitrogen and oxygen atoms in total.